The molecule has 2 atom stereocenters. The molecule has 2 N–H and O–H groups in total. The predicted octanol–water partition coefficient (Wildman–Crippen LogP) is 2.38. The number of amides is 1. The normalized spacial score (nSPS) is 20.8. The molecule has 1 amide bonds. The number of benzene rings is 1. The van der Waals surface area contributed by atoms with E-state index < -0.39 is 43.0 Å². The molecule has 1 aliphatic rings. The lowest BCUT2D eigenvalue weighted by atomic mass is 10.1. The second-order valence-corrected chi connectivity index (χ2v) is 5.64. The predicted molar refractivity (Wildman–Crippen MR) is 80.5 cm³/mol. The number of ether oxygens (including phenoxy) is 2. The molecule has 0 spiro atoms. The molecule has 1 heterocycles. The van der Waals surface area contributed by atoms with Crippen LogP contribution >= 0.6 is 0 Å². The summed E-state index contributed by atoms with van der Waals surface area (Å²) in [4.78, 5) is 22.5. The third-order valence-corrected chi connectivity index (χ3v) is 3.67. The van der Waals surface area contributed by atoms with E-state index in [0.717, 1.165) is 0 Å². The van der Waals surface area contributed by atoms with Crippen LogP contribution < -0.4 is 10.1 Å². The van der Waals surface area contributed by atoms with Gasteiger partial charge in [-0.15, -0.1) is 0 Å². The fourth-order valence-corrected chi connectivity index (χ4v) is 2.38. The number of carbonyl (C=O) groups is 2. The van der Waals surface area contributed by atoms with Gasteiger partial charge in [-0.25, -0.2) is 4.79 Å². The summed E-state index contributed by atoms with van der Waals surface area (Å²) in [6.45, 7) is 0.535. The maximum Gasteiger partial charge on any atom is 0.389 e. The van der Waals surface area contributed by atoms with E-state index in [9.17, 15) is 22.8 Å². The smallest absolute Gasteiger partial charge is 0.389 e. The molecule has 25 heavy (non-hydrogen) atoms. The molecule has 0 bridgehead atoms. The summed E-state index contributed by atoms with van der Waals surface area (Å²) in [6, 6.07) is 5.21. The summed E-state index contributed by atoms with van der Waals surface area (Å²) < 4.78 is 47.5. The molecule has 138 valence electrons. The monoisotopic (exact) mass is 361 g/mol. The maximum absolute atomic E-state index is 12.2. The van der Waals surface area contributed by atoms with Crippen LogP contribution in [-0.4, -0.2) is 48.5 Å². The number of halogens is 3. The Labute approximate surface area is 141 Å². The van der Waals surface area contributed by atoms with Gasteiger partial charge in [0.2, 0.25) is 5.91 Å². The van der Waals surface area contributed by atoms with Crippen LogP contribution in [0.5, 0.6) is 5.75 Å². The van der Waals surface area contributed by atoms with Gasteiger partial charge in [0.15, 0.2) is 0 Å². The van der Waals surface area contributed by atoms with Gasteiger partial charge in [0.05, 0.1) is 24.6 Å². The summed E-state index contributed by atoms with van der Waals surface area (Å²) in [7, 11) is 0. The second kappa shape index (κ2) is 8.19. The van der Waals surface area contributed by atoms with Gasteiger partial charge in [-0.1, -0.05) is 0 Å². The second-order valence-electron chi connectivity index (χ2n) is 5.64. The first-order valence-corrected chi connectivity index (χ1v) is 7.68. The lowest BCUT2D eigenvalue weighted by Crippen LogP contribution is -2.51. The number of rotatable bonds is 6. The number of carboxylic acid groups (broad SMARTS) is 1. The first kappa shape index (κ1) is 19.0. The van der Waals surface area contributed by atoms with E-state index in [2.05, 4.69) is 5.32 Å². The third-order valence-electron chi connectivity index (χ3n) is 3.67. The fourth-order valence-electron chi connectivity index (χ4n) is 2.38. The number of alkyl halides is 3. The molecule has 1 aromatic carbocycles. The highest BCUT2D eigenvalue weighted by Gasteiger charge is 2.31. The van der Waals surface area contributed by atoms with Crippen molar-refractivity contribution in [2.75, 3.05) is 13.2 Å². The maximum atomic E-state index is 12.2. The van der Waals surface area contributed by atoms with Crippen LogP contribution in [0.1, 0.15) is 29.6 Å². The van der Waals surface area contributed by atoms with Crippen molar-refractivity contribution in [2.24, 2.45) is 0 Å². The van der Waals surface area contributed by atoms with Crippen LogP contribution in [-0.2, 0) is 9.53 Å². The molecule has 2 rings (SSSR count). The van der Waals surface area contributed by atoms with E-state index in [1.807, 2.05) is 0 Å². The summed E-state index contributed by atoms with van der Waals surface area (Å²) in [6.07, 6.45) is -6.35. The number of hydrogen-bond donors (Lipinski definition) is 2. The zero-order chi connectivity index (χ0) is 18.4. The molecule has 0 aliphatic carbocycles. The Bertz CT molecular complexity index is 603. The molecule has 0 radical (unpaired) electrons. The number of carboxylic acids is 1. The topological polar surface area (TPSA) is 84.9 Å². The fraction of sp³-hybridized carbons (Fsp3) is 0.500. The lowest BCUT2D eigenvalue weighted by Gasteiger charge is -2.32. The van der Waals surface area contributed by atoms with Gasteiger partial charge < -0.3 is 19.9 Å². The molecule has 1 fully saturated rings. The van der Waals surface area contributed by atoms with Crippen molar-refractivity contribution in [2.45, 2.75) is 37.6 Å². The zero-order valence-corrected chi connectivity index (χ0v) is 13.2. The largest absolute Gasteiger partial charge is 0.486 e. The van der Waals surface area contributed by atoms with E-state index in [4.69, 9.17) is 14.6 Å². The summed E-state index contributed by atoms with van der Waals surface area (Å²) in [5.74, 6) is -1.38. The van der Waals surface area contributed by atoms with Gasteiger partial charge in [-0.3, -0.25) is 4.79 Å². The molecule has 0 aromatic heterocycles. The number of carbonyl (C=O) groups excluding carboxylic acids is 1. The van der Waals surface area contributed by atoms with E-state index in [1.54, 1.807) is 0 Å². The first-order chi connectivity index (χ1) is 11.7. The molecule has 1 aliphatic heterocycles. The first-order valence-electron chi connectivity index (χ1n) is 7.68. The third kappa shape index (κ3) is 6.26. The molecule has 0 unspecified atom stereocenters. The van der Waals surface area contributed by atoms with Crippen LogP contribution in [0.3, 0.4) is 0 Å². The minimum Gasteiger partial charge on any atom is -0.486 e. The number of nitrogens with one attached hydrogen (secondary N) is 1. The Hall–Kier alpha value is -2.29. The van der Waals surface area contributed by atoms with Crippen LogP contribution in [0.25, 0.3) is 0 Å². The van der Waals surface area contributed by atoms with Crippen molar-refractivity contribution < 1.29 is 37.3 Å². The van der Waals surface area contributed by atoms with Crippen LogP contribution in [0.4, 0.5) is 13.2 Å². The van der Waals surface area contributed by atoms with Crippen LogP contribution in [0.2, 0.25) is 0 Å². The van der Waals surface area contributed by atoms with E-state index in [-0.39, 0.29) is 12.2 Å². The Balaban J connectivity index is 1.93. The summed E-state index contributed by atoms with van der Waals surface area (Å²) in [5.41, 5.74) is 0.101. The Morgan fingerprint density at radius 3 is 2.56 bits per heavy atom. The summed E-state index contributed by atoms with van der Waals surface area (Å²) in [5, 5.41) is 11.4. The molecular formula is C16H18F3NO5. The van der Waals surface area contributed by atoms with Gasteiger partial charge >= 0.3 is 12.1 Å². The Kier molecular flexibility index (Phi) is 6.24. The highest BCUT2D eigenvalue weighted by atomic mass is 19.4. The number of hydrogen-bond acceptors (Lipinski definition) is 4. The molecule has 1 saturated heterocycles. The molecule has 6 nitrogen and oxygen atoms in total. The molecular weight excluding hydrogens is 343 g/mol. The van der Waals surface area contributed by atoms with Crippen LogP contribution in [0, 0.1) is 0 Å². The van der Waals surface area contributed by atoms with Crippen molar-refractivity contribution in [3.8, 4) is 5.75 Å². The molecule has 9 heteroatoms. The van der Waals surface area contributed by atoms with E-state index >= 15 is 0 Å². The molecule has 0 saturated carbocycles. The standard InChI is InChI=1S/C16H18F3NO5/c17-16(18,19)7-5-14(21)20-12-6-8-24-9-13(12)25-11-3-1-10(2-4-11)15(22)23/h1-4,12-13H,5-9H2,(H,20,21)(H,22,23)/t12-,13-/m1/s1. The minimum absolute atomic E-state index is 0.101. The summed E-state index contributed by atoms with van der Waals surface area (Å²) >= 11 is 0. The van der Waals surface area contributed by atoms with Crippen molar-refractivity contribution in [1.82, 2.24) is 5.32 Å². The van der Waals surface area contributed by atoms with Crippen molar-refractivity contribution in [3.05, 3.63) is 29.8 Å². The van der Waals surface area contributed by atoms with Gasteiger partial charge in [0.1, 0.15) is 11.9 Å². The van der Waals surface area contributed by atoms with Crippen molar-refractivity contribution >= 4 is 11.9 Å². The Morgan fingerprint density at radius 1 is 1.28 bits per heavy atom. The van der Waals surface area contributed by atoms with Gasteiger partial charge in [0, 0.05) is 13.0 Å². The quantitative estimate of drug-likeness (QED) is 0.813. The van der Waals surface area contributed by atoms with E-state index in [0.29, 0.717) is 18.8 Å². The number of aromatic carboxylic acids is 1. The van der Waals surface area contributed by atoms with Crippen LogP contribution in [0.15, 0.2) is 24.3 Å². The highest BCUT2D eigenvalue weighted by Crippen LogP contribution is 2.22. The zero-order valence-electron chi connectivity index (χ0n) is 13.2. The SMILES string of the molecule is O=C(CCC(F)(F)F)N[C@@H]1CCOC[C@H]1Oc1ccc(C(=O)O)cc1. The highest BCUT2D eigenvalue weighted by molar-refractivity contribution is 5.87. The van der Waals surface area contributed by atoms with Gasteiger partial charge in [-0.05, 0) is 30.7 Å². The van der Waals surface area contributed by atoms with Crippen molar-refractivity contribution in [3.63, 3.8) is 0 Å². The van der Waals surface area contributed by atoms with Crippen molar-refractivity contribution in [1.29, 1.82) is 0 Å². The minimum atomic E-state index is -4.38. The molecule has 1 aromatic rings. The van der Waals surface area contributed by atoms with Gasteiger partial charge in [0.25, 0.3) is 0 Å². The average Bonchev–Trinajstić information content (AvgIpc) is 2.55. The lowest BCUT2D eigenvalue weighted by molar-refractivity contribution is -0.145. The van der Waals surface area contributed by atoms with Gasteiger partial charge in [-0.2, -0.15) is 13.2 Å². The van der Waals surface area contributed by atoms with E-state index in [1.165, 1.54) is 24.3 Å². The average molecular weight is 361 g/mol. The Morgan fingerprint density at radius 2 is 1.96 bits per heavy atom.